The second-order valence-corrected chi connectivity index (χ2v) is 4.49. The van der Waals surface area contributed by atoms with Gasteiger partial charge < -0.3 is 5.11 Å². The van der Waals surface area contributed by atoms with Gasteiger partial charge in [-0.25, -0.2) is 4.39 Å². The maximum absolute atomic E-state index is 13.8. The second-order valence-electron chi connectivity index (χ2n) is 4.49. The summed E-state index contributed by atoms with van der Waals surface area (Å²) in [7, 11) is 0. The van der Waals surface area contributed by atoms with Crippen LogP contribution in [0.5, 0.6) is 0 Å². The molecule has 0 saturated carbocycles. The van der Waals surface area contributed by atoms with Gasteiger partial charge in [-0.05, 0) is 25.5 Å². The molecule has 0 aliphatic heterocycles. The van der Waals surface area contributed by atoms with E-state index in [1.165, 1.54) is 6.07 Å². The van der Waals surface area contributed by atoms with Crippen LogP contribution in [0, 0.1) is 5.82 Å². The maximum Gasteiger partial charge on any atom is 0.131 e. The first-order valence-corrected chi connectivity index (χ1v) is 6.07. The smallest absolute Gasteiger partial charge is 0.131 e. The van der Waals surface area contributed by atoms with Crippen LogP contribution in [0.2, 0.25) is 0 Å². The SMILES string of the molecule is CCCn1nccc1C(C)(O)c1ccccc1F. The van der Waals surface area contributed by atoms with Crippen molar-refractivity contribution < 1.29 is 9.50 Å². The molecule has 0 amide bonds. The standard InChI is InChI=1S/C14H17FN2O/c1-3-10-17-13(8-9-16-17)14(2,18)11-6-4-5-7-12(11)15/h4-9,18H,3,10H2,1-2H3. The molecule has 18 heavy (non-hydrogen) atoms. The number of aromatic nitrogens is 2. The lowest BCUT2D eigenvalue weighted by Gasteiger charge is -2.25. The Labute approximate surface area is 106 Å². The van der Waals surface area contributed by atoms with Crippen LogP contribution in [0.25, 0.3) is 0 Å². The van der Waals surface area contributed by atoms with Gasteiger partial charge in [-0.15, -0.1) is 0 Å². The van der Waals surface area contributed by atoms with Crippen molar-refractivity contribution in [3.05, 3.63) is 53.6 Å². The van der Waals surface area contributed by atoms with E-state index < -0.39 is 11.4 Å². The molecule has 1 aromatic carbocycles. The van der Waals surface area contributed by atoms with E-state index in [9.17, 15) is 9.50 Å². The zero-order valence-electron chi connectivity index (χ0n) is 10.6. The average Bonchev–Trinajstić information content (AvgIpc) is 2.79. The summed E-state index contributed by atoms with van der Waals surface area (Å²) in [6.45, 7) is 4.32. The molecule has 1 atom stereocenters. The summed E-state index contributed by atoms with van der Waals surface area (Å²) in [6, 6.07) is 8.00. The first kappa shape index (κ1) is 12.8. The van der Waals surface area contributed by atoms with E-state index in [1.807, 2.05) is 6.92 Å². The van der Waals surface area contributed by atoms with Crippen LogP contribution in [0.1, 0.15) is 31.5 Å². The summed E-state index contributed by atoms with van der Waals surface area (Å²) in [5.41, 5.74) is -0.505. The van der Waals surface area contributed by atoms with Gasteiger partial charge in [0.05, 0.1) is 5.69 Å². The number of hydrogen-bond acceptors (Lipinski definition) is 2. The zero-order valence-corrected chi connectivity index (χ0v) is 10.6. The highest BCUT2D eigenvalue weighted by Crippen LogP contribution is 2.30. The van der Waals surface area contributed by atoms with Crippen LogP contribution >= 0.6 is 0 Å². The molecule has 0 aliphatic carbocycles. The van der Waals surface area contributed by atoms with Gasteiger partial charge in [0.15, 0.2) is 0 Å². The quantitative estimate of drug-likeness (QED) is 0.903. The van der Waals surface area contributed by atoms with E-state index >= 15 is 0 Å². The van der Waals surface area contributed by atoms with E-state index in [-0.39, 0.29) is 5.56 Å². The van der Waals surface area contributed by atoms with Crippen molar-refractivity contribution in [3.8, 4) is 0 Å². The lowest BCUT2D eigenvalue weighted by Crippen LogP contribution is -2.28. The van der Waals surface area contributed by atoms with Gasteiger partial charge in [-0.1, -0.05) is 25.1 Å². The third-order valence-electron chi connectivity index (χ3n) is 3.05. The molecule has 0 bridgehead atoms. The predicted molar refractivity (Wildman–Crippen MR) is 67.6 cm³/mol. The number of rotatable bonds is 4. The third-order valence-corrected chi connectivity index (χ3v) is 3.05. The molecular weight excluding hydrogens is 231 g/mol. The summed E-state index contributed by atoms with van der Waals surface area (Å²) < 4.78 is 15.5. The number of aliphatic hydroxyl groups is 1. The Morgan fingerprint density at radius 1 is 1.33 bits per heavy atom. The van der Waals surface area contributed by atoms with Crippen LogP contribution < -0.4 is 0 Å². The van der Waals surface area contributed by atoms with Gasteiger partial charge in [-0.2, -0.15) is 5.10 Å². The highest BCUT2D eigenvalue weighted by atomic mass is 19.1. The van der Waals surface area contributed by atoms with Crippen LogP contribution in [0.15, 0.2) is 36.5 Å². The van der Waals surface area contributed by atoms with Gasteiger partial charge in [0.1, 0.15) is 11.4 Å². The molecule has 1 aromatic heterocycles. The number of benzene rings is 1. The molecule has 4 heteroatoms. The van der Waals surface area contributed by atoms with E-state index in [1.54, 1.807) is 42.1 Å². The Morgan fingerprint density at radius 2 is 2.06 bits per heavy atom. The molecule has 1 unspecified atom stereocenters. The fourth-order valence-electron chi connectivity index (χ4n) is 2.13. The Balaban J connectivity index is 2.47. The number of hydrogen-bond donors (Lipinski definition) is 1. The summed E-state index contributed by atoms with van der Waals surface area (Å²) >= 11 is 0. The Kier molecular flexibility index (Phi) is 3.48. The average molecular weight is 248 g/mol. The fraction of sp³-hybridized carbons (Fsp3) is 0.357. The fourth-order valence-corrected chi connectivity index (χ4v) is 2.13. The number of nitrogens with zero attached hydrogens (tertiary/aromatic N) is 2. The molecule has 96 valence electrons. The molecule has 2 aromatic rings. The molecule has 0 spiro atoms. The van der Waals surface area contributed by atoms with Gasteiger partial charge >= 0.3 is 0 Å². The van der Waals surface area contributed by atoms with Crippen molar-refractivity contribution in [2.45, 2.75) is 32.4 Å². The molecule has 0 aliphatic rings. The summed E-state index contributed by atoms with van der Waals surface area (Å²) in [5.74, 6) is -0.410. The lowest BCUT2D eigenvalue weighted by atomic mass is 9.92. The Bertz CT molecular complexity index is 534. The summed E-state index contributed by atoms with van der Waals surface area (Å²) in [5, 5.41) is 14.8. The van der Waals surface area contributed by atoms with Crippen molar-refractivity contribution in [1.82, 2.24) is 9.78 Å². The molecule has 0 saturated heterocycles. The van der Waals surface area contributed by atoms with Crippen molar-refractivity contribution in [2.24, 2.45) is 0 Å². The monoisotopic (exact) mass is 248 g/mol. The molecule has 3 nitrogen and oxygen atoms in total. The molecule has 1 heterocycles. The topological polar surface area (TPSA) is 38.0 Å². The second kappa shape index (κ2) is 4.90. The van der Waals surface area contributed by atoms with Crippen LogP contribution in [0.4, 0.5) is 4.39 Å². The van der Waals surface area contributed by atoms with Crippen LogP contribution in [0.3, 0.4) is 0 Å². The van der Waals surface area contributed by atoms with Crippen molar-refractivity contribution in [1.29, 1.82) is 0 Å². The summed E-state index contributed by atoms with van der Waals surface area (Å²) in [4.78, 5) is 0. The van der Waals surface area contributed by atoms with Gasteiger partial charge in [0.2, 0.25) is 0 Å². The van der Waals surface area contributed by atoms with Crippen LogP contribution in [-0.2, 0) is 12.1 Å². The van der Waals surface area contributed by atoms with Crippen molar-refractivity contribution >= 4 is 0 Å². The minimum atomic E-state index is -1.38. The third kappa shape index (κ3) is 2.16. The molecule has 0 fully saturated rings. The first-order chi connectivity index (χ1) is 8.57. The van der Waals surface area contributed by atoms with E-state index in [4.69, 9.17) is 0 Å². The van der Waals surface area contributed by atoms with Crippen molar-refractivity contribution in [3.63, 3.8) is 0 Å². The van der Waals surface area contributed by atoms with E-state index in [0.29, 0.717) is 12.2 Å². The van der Waals surface area contributed by atoms with E-state index in [2.05, 4.69) is 5.10 Å². The summed E-state index contributed by atoms with van der Waals surface area (Å²) in [6.07, 6.45) is 2.53. The number of halogens is 1. The minimum absolute atomic E-state index is 0.267. The first-order valence-electron chi connectivity index (χ1n) is 6.07. The predicted octanol–water partition coefficient (Wildman–Crippen LogP) is 2.69. The van der Waals surface area contributed by atoms with Crippen molar-refractivity contribution in [2.75, 3.05) is 0 Å². The largest absolute Gasteiger partial charge is 0.379 e. The van der Waals surface area contributed by atoms with Gasteiger partial charge in [-0.3, -0.25) is 4.68 Å². The highest BCUT2D eigenvalue weighted by molar-refractivity contribution is 5.32. The van der Waals surface area contributed by atoms with Crippen LogP contribution in [-0.4, -0.2) is 14.9 Å². The van der Waals surface area contributed by atoms with E-state index in [0.717, 1.165) is 6.42 Å². The normalized spacial score (nSPS) is 14.4. The minimum Gasteiger partial charge on any atom is -0.379 e. The van der Waals surface area contributed by atoms with Gasteiger partial charge in [0, 0.05) is 18.3 Å². The van der Waals surface area contributed by atoms with Gasteiger partial charge in [0.25, 0.3) is 0 Å². The molecule has 1 N–H and O–H groups in total. The lowest BCUT2D eigenvalue weighted by molar-refractivity contribution is 0.0873. The molecule has 0 radical (unpaired) electrons. The zero-order chi connectivity index (χ0) is 13.2. The highest BCUT2D eigenvalue weighted by Gasteiger charge is 2.31. The molecule has 2 rings (SSSR count). The maximum atomic E-state index is 13.8. The Morgan fingerprint density at radius 3 is 2.72 bits per heavy atom. The number of aryl methyl sites for hydroxylation is 1. The molecular formula is C14H17FN2O. The Hall–Kier alpha value is -1.68.